The van der Waals surface area contributed by atoms with Crippen LogP contribution >= 0.6 is 23.2 Å². The van der Waals surface area contributed by atoms with Gasteiger partial charge in [-0.2, -0.15) is 5.10 Å². The van der Waals surface area contributed by atoms with Gasteiger partial charge in [-0.3, -0.25) is 0 Å². The molecule has 0 atom stereocenters. The standard InChI is InChI=1S/C16H19Cl2N3/c1-16(2,3)15-13-9-19-5-4-14(13)21(20-15)12-7-10(17)6-11(18)8-12/h6-8,19H,4-5,9H2,1-3H3. The van der Waals surface area contributed by atoms with Gasteiger partial charge in [0.2, 0.25) is 0 Å². The largest absolute Gasteiger partial charge is 0.312 e. The lowest BCUT2D eigenvalue weighted by Gasteiger charge is -2.20. The molecule has 0 amide bonds. The second kappa shape index (κ2) is 5.31. The number of hydrogen-bond acceptors (Lipinski definition) is 2. The first-order valence-corrected chi connectivity index (χ1v) is 7.90. The average Bonchev–Trinajstić information content (AvgIpc) is 2.76. The second-order valence-corrected chi connectivity index (χ2v) is 7.36. The van der Waals surface area contributed by atoms with Crippen molar-refractivity contribution >= 4 is 23.2 Å². The average molecular weight is 324 g/mol. The highest BCUT2D eigenvalue weighted by atomic mass is 35.5. The molecule has 0 fully saturated rings. The number of nitrogens with one attached hydrogen (secondary N) is 1. The van der Waals surface area contributed by atoms with Gasteiger partial charge < -0.3 is 5.32 Å². The van der Waals surface area contributed by atoms with Gasteiger partial charge >= 0.3 is 0 Å². The van der Waals surface area contributed by atoms with Crippen LogP contribution in [0.25, 0.3) is 5.69 Å². The van der Waals surface area contributed by atoms with Crippen molar-refractivity contribution in [2.45, 2.75) is 39.2 Å². The molecule has 112 valence electrons. The summed E-state index contributed by atoms with van der Waals surface area (Å²) in [5.74, 6) is 0. The Kier molecular flexibility index (Phi) is 3.76. The molecule has 0 unspecified atom stereocenters. The molecule has 1 N–H and O–H groups in total. The van der Waals surface area contributed by atoms with Gasteiger partial charge in [0.05, 0.1) is 17.1 Å². The topological polar surface area (TPSA) is 29.9 Å². The molecule has 1 aliphatic heterocycles. The molecule has 0 saturated carbocycles. The molecule has 2 aromatic rings. The van der Waals surface area contributed by atoms with Crippen LogP contribution in [0.1, 0.15) is 37.7 Å². The van der Waals surface area contributed by atoms with Crippen LogP contribution in [0.15, 0.2) is 18.2 Å². The second-order valence-electron chi connectivity index (χ2n) is 6.49. The molecule has 5 heteroatoms. The summed E-state index contributed by atoms with van der Waals surface area (Å²) in [4.78, 5) is 0. The lowest BCUT2D eigenvalue weighted by molar-refractivity contribution is 0.548. The highest BCUT2D eigenvalue weighted by Crippen LogP contribution is 2.31. The summed E-state index contributed by atoms with van der Waals surface area (Å²) in [5.41, 5.74) is 4.65. The van der Waals surface area contributed by atoms with Gasteiger partial charge in [-0.05, 0) is 18.2 Å². The molecule has 3 nitrogen and oxygen atoms in total. The zero-order valence-electron chi connectivity index (χ0n) is 12.5. The Labute approximate surface area is 135 Å². The molecule has 0 spiro atoms. The molecule has 21 heavy (non-hydrogen) atoms. The van der Waals surface area contributed by atoms with Crippen LogP contribution in [-0.2, 0) is 18.4 Å². The van der Waals surface area contributed by atoms with E-state index in [0.717, 1.165) is 30.9 Å². The first-order chi connectivity index (χ1) is 9.86. The normalized spacial score (nSPS) is 15.1. The van der Waals surface area contributed by atoms with E-state index in [2.05, 4.69) is 26.1 Å². The Balaban J connectivity index is 2.21. The predicted octanol–water partition coefficient (Wildman–Crippen LogP) is 4.12. The summed E-state index contributed by atoms with van der Waals surface area (Å²) in [5, 5.41) is 9.58. The summed E-state index contributed by atoms with van der Waals surface area (Å²) < 4.78 is 2.01. The van der Waals surface area contributed by atoms with Gasteiger partial charge in [0.15, 0.2) is 0 Å². The molecule has 2 heterocycles. The van der Waals surface area contributed by atoms with Crippen molar-refractivity contribution in [2.24, 2.45) is 0 Å². The smallest absolute Gasteiger partial charge is 0.0730 e. The highest BCUT2D eigenvalue weighted by Gasteiger charge is 2.28. The first kappa shape index (κ1) is 14.9. The molecule has 1 aliphatic rings. The third kappa shape index (κ3) is 2.83. The number of rotatable bonds is 1. The van der Waals surface area contributed by atoms with Crippen molar-refractivity contribution in [3.05, 3.63) is 45.2 Å². The van der Waals surface area contributed by atoms with Gasteiger partial charge in [-0.25, -0.2) is 4.68 Å². The molecule has 0 bridgehead atoms. The molecule has 0 saturated heterocycles. The van der Waals surface area contributed by atoms with Crippen molar-refractivity contribution in [1.29, 1.82) is 0 Å². The van der Waals surface area contributed by atoms with Gasteiger partial charge in [-0.1, -0.05) is 44.0 Å². The summed E-state index contributed by atoms with van der Waals surface area (Å²) in [6.07, 6.45) is 0.961. The molecular weight excluding hydrogens is 305 g/mol. The molecular formula is C16H19Cl2N3. The van der Waals surface area contributed by atoms with Crippen molar-refractivity contribution in [3.8, 4) is 5.69 Å². The lowest BCUT2D eigenvalue weighted by Crippen LogP contribution is -2.26. The van der Waals surface area contributed by atoms with Gasteiger partial charge in [0.25, 0.3) is 0 Å². The number of halogens is 2. The van der Waals surface area contributed by atoms with Crippen molar-refractivity contribution in [1.82, 2.24) is 15.1 Å². The van der Waals surface area contributed by atoms with Crippen LogP contribution < -0.4 is 5.32 Å². The summed E-state index contributed by atoms with van der Waals surface area (Å²) in [7, 11) is 0. The summed E-state index contributed by atoms with van der Waals surface area (Å²) >= 11 is 12.3. The van der Waals surface area contributed by atoms with Crippen molar-refractivity contribution < 1.29 is 0 Å². The Morgan fingerprint density at radius 2 is 1.81 bits per heavy atom. The fourth-order valence-electron chi connectivity index (χ4n) is 2.83. The quantitative estimate of drug-likeness (QED) is 0.855. The number of nitrogens with zero attached hydrogens (tertiary/aromatic N) is 2. The monoisotopic (exact) mass is 323 g/mol. The Bertz CT molecular complexity index is 663. The van der Waals surface area contributed by atoms with E-state index in [0.29, 0.717) is 10.0 Å². The molecule has 3 rings (SSSR count). The van der Waals surface area contributed by atoms with E-state index >= 15 is 0 Å². The third-order valence-electron chi connectivity index (χ3n) is 3.73. The number of hydrogen-bond donors (Lipinski definition) is 1. The molecule has 1 aromatic heterocycles. The summed E-state index contributed by atoms with van der Waals surface area (Å²) in [6.45, 7) is 8.42. The Morgan fingerprint density at radius 1 is 1.14 bits per heavy atom. The third-order valence-corrected chi connectivity index (χ3v) is 4.17. The number of fused-ring (bicyclic) bond motifs is 1. The highest BCUT2D eigenvalue weighted by molar-refractivity contribution is 6.34. The molecule has 0 aliphatic carbocycles. The first-order valence-electron chi connectivity index (χ1n) is 7.15. The predicted molar refractivity (Wildman–Crippen MR) is 87.7 cm³/mol. The van der Waals surface area contributed by atoms with Gasteiger partial charge in [0, 0.05) is 40.5 Å². The van der Waals surface area contributed by atoms with Crippen LogP contribution in [-0.4, -0.2) is 16.3 Å². The van der Waals surface area contributed by atoms with Gasteiger partial charge in [-0.15, -0.1) is 0 Å². The maximum Gasteiger partial charge on any atom is 0.0730 e. The maximum atomic E-state index is 6.14. The van der Waals surface area contributed by atoms with Crippen LogP contribution in [0, 0.1) is 0 Å². The zero-order valence-corrected chi connectivity index (χ0v) is 14.0. The van der Waals surface area contributed by atoms with E-state index in [1.54, 1.807) is 6.07 Å². The SMILES string of the molecule is CC(C)(C)c1nn(-c2cc(Cl)cc(Cl)c2)c2c1CNCC2. The summed E-state index contributed by atoms with van der Waals surface area (Å²) in [6, 6.07) is 5.57. The van der Waals surface area contributed by atoms with Crippen LogP contribution in [0.5, 0.6) is 0 Å². The van der Waals surface area contributed by atoms with Crippen molar-refractivity contribution in [2.75, 3.05) is 6.54 Å². The van der Waals surface area contributed by atoms with E-state index in [1.807, 2.05) is 16.8 Å². The maximum absolute atomic E-state index is 6.14. The van der Waals surface area contributed by atoms with Crippen LogP contribution in [0.2, 0.25) is 10.0 Å². The van der Waals surface area contributed by atoms with Crippen LogP contribution in [0.3, 0.4) is 0 Å². The van der Waals surface area contributed by atoms with E-state index in [4.69, 9.17) is 28.3 Å². The van der Waals surface area contributed by atoms with E-state index < -0.39 is 0 Å². The molecule has 1 aromatic carbocycles. The van der Waals surface area contributed by atoms with Gasteiger partial charge in [0.1, 0.15) is 0 Å². The fourth-order valence-corrected chi connectivity index (χ4v) is 3.34. The minimum absolute atomic E-state index is 0.0106. The number of aromatic nitrogens is 2. The number of benzene rings is 1. The van der Waals surface area contributed by atoms with E-state index in [1.165, 1.54) is 11.3 Å². The molecule has 0 radical (unpaired) electrons. The Morgan fingerprint density at radius 3 is 2.43 bits per heavy atom. The lowest BCUT2D eigenvalue weighted by atomic mass is 9.88. The van der Waals surface area contributed by atoms with Crippen LogP contribution in [0.4, 0.5) is 0 Å². The Hall–Kier alpha value is -1.03. The van der Waals surface area contributed by atoms with E-state index in [9.17, 15) is 0 Å². The fraction of sp³-hybridized carbons (Fsp3) is 0.438. The zero-order chi connectivity index (χ0) is 15.2. The minimum Gasteiger partial charge on any atom is -0.312 e. The minimum atomic E-state index is 0.0106. The van der Waals surface area contributed by atoms with E-state index in [-0.39, 0.29) is 5.41 Å². The van der Waals surface area contributed by atoms with Crippen molar-refractivity contribution in [3.63, 3.8) is 0 Å².